The number of benzene rings is 2. The van der Waals surface area contributed by atoms with Crippen molar-refractivity contribution in [3.05, 3.63) is 60.2 Å². The number of nitriles is 1. The van der Waals surface area contributed by atoms with Crippen molar-refractivity contribution < 1.29 is 22.7 Å². The highest BCUT2D eigenvalue weighted by molar-refractivity contribution is 7.89. The summed E-state index contributed by atoms with van der Waals surface area (Å²) in [5.41, 5.74) is 0.659. The molecule has 30 heavy (non-hydrogen) atoms. The lowest BCUT2D eigenvalue weighted by Crippen LogP contribution is -2.35. The summed E-state index contributed by atoms with van der Waals surface area (Å²) >= 11 is 0. The number of amides is 1. The fourth-order valence-corrected chi connectivity index (χ4v) is 4.65. The fourth-order valence-electron chi connectivity index (χ4n) is 3.13. The Kier molecular flexibility index (Phi) is 6.82. The van der Waals surface area contributed by atoms with Crippen molar-refractivity contribution in [2.75, 3.05) is 31.1 Å². The molecule has 9 heteroatoms. The number of esters is 1. The molecule has 0 radical (unpaired) electrons. The monoisotopic (exact) mass is 427 g/mol. The minimum Gasteiger partial charge on any atom is -0.452 e. The van der Waals surface area contributed by atoms with E-state index in [1.54, 1.807) is 30.3 Å². The molecule has 0 unspecified atom stereocenters. The van der Waals surface area contributed by atoms with Gasteiger partial charge >= 0.3 is 5.97 Å². The molecule has 0 bridgehead atoms. The van der Waals surface area contributed by atoms with Gasteiger partial charge in [-0.15, -0.1) is 0 Å². The van der Waals surface area contributed by atoms with E-state index in [1.807, 2.05) is 6.07 Å². The van der Waals surface area contributed by atoms with E-state index in [0.717, 1.165) is 12.8 Å². The van der Waals surface area contributed by atoms with Crippen LogP contribution in [0, 0.1) is 11.3 Å². The molecule has 3 rings (SSSR count). The first-order valence-corrected chi connectivity index (χ1v) is 10.9. The summed E-state index contributed by atoms with van der Waals surface area (Å²) < 4.78 is 31.6. The van der Waals surface area contributed by atoms with Crippen LogP contribution in [0.5, 0.6) is 0 Å². The van der Waals surface area contributed by atoms with Crippen molar-refractivity contribution in [1.29, 1.82) is 5.26 Å². The second-order valence-corrected chi connectivity index (χ2v) is 8.62. The third kappa shape index (κ3) is 4.84. The molecule has 1 aliphatic heterocycles. The number of rotatable bonds is 7. The highest BCUT2D eigenvalue weighted by atomic mass is 32.2. The van der Waals surface area contributed by atoms with Gasteiger partial charge in [0, 0.05) is 18.8 Å². The maximum atomic E-state index is 12.5. The summed E-state index contributed by atoms with van der Waals surface area (Å²) in [6.45, 7) is 0.274. The molecular formula is C21H21N3O5S. The van der Waals surface area contributed by atoms with Gasteiger partial charge in [-0.2, -0.15) is 9.57 Å². The first-order chi connectivity index (χ1) is 14.4. The highest BCUT2D eigenvalue weighted by Crippen LogP contribution is 2.21. The van der Waals surface area contributed by atoms with Crippen LogP contribution in [0.2, 0.25) is 0 Å². The number of hydrogen-bond donors (Lipinski definition) is 0. The minimum atomic E-state index is -3.57. The molecule has 2 aromatic rings. The Morgan fingerprint density at radius 1 is 1.03 bits per heavy atom. The zero-order valence-electron chi connectivity index (χ0n) is 16.2. The number of hydrogen-bond acceptors (Lipinski definition) is 6. The van der Waals surface area contributed by atoms with Crippen molar-refractivity contribution in [3.63, 3.8) is 0 Å². The van der Waals surface area contributed by atoms with Gasteiger partial charge in [-0.3, -0.25) is 9.69 Å². The van der Waals surface area contributed by atoms with Gasteiger partial charge < -0.3 is 4.74 Å². The molecule has 1 saturated heterocycles. The Balaban J connectivity index is 1.63. The van der Waals surface area contributed by atoms with Crippen molar-refractivity contribution >= 4 is 27.6 Å². The van der Waals surface area contributed by atoms with E-state index in [4.69, 9.17) is 10.00 Å². The van der Waals surface area contributed by atoms with E-state index in [1.165, 1.54) is 33.5 Å². The number of nitrogens with zero attached hydrogens (tertiary/aromatic N) is 3. The molecule has 1 heterocycles. The molecule has 0 aliphatic carbocycles. The molecular weight excluding hydrogens is 406 g/mol. The van der Waals surface area contributed by atoms with Crippen molar-refractivity contribution in [3.8, 4) is 6.07 Å². The molecule has 0 spiro atoms. The number of carbonyl (C=O) groups excluding carboxylic acids is 2. The average Bonchev–Trinajstić information content (AvgIpc) is 3.32. The summed E-state index contributed by atoms with van der Waals surface area (Å²) in [6, 6.07) is 16.0. The normalized spacial score (nSPS) is 14.1. The van der Waals surface area contributed by atoms with E-state index in [-0.39, 0.29) is 17.0 Å². The molecule has 1 amide bonds. The van der Waals surface area contributed by atoms with Gasteiger partial charge in [-0.05, 0) is 49.2 Å². The Hall–Kier alpha value is -3.22. The number of ether oxygens (including phenoxy) is 1. The standard InChI is InChI=1S/C21H21N3O5S/c22-12-15-24(18-6-2-1-3-7-18)20(25)16-29-21(26)17-8-10-19(11-9-17)30(27,28)23-13-4-5-14-23/h1-3,6-11H,4-5,13-16H2. The maximum Gasteiger partial charge on any atom is 0.338 e. The Labute approximate surface area is 175 Å². The lowest BCUT2D eigenvalue weighted by atomic mass is 10.2. The quantitative estimate of drug-likeness (QED) is 0.495. The zero-order chi connectivity index (χ0) is 21.6. The van der Waals surface area contributed by atoms with E-state index in [0.29, 0.717) is 18.8 Å². The van der Waals surface area contributed by atoms with Crippen LogP contribution in [0.3, 0.4) is 0 Å². The SMILES string of the molecule is N#CCN(C(=O)COC(=O)c1ccc(S(=O)(=O)N2CCCC2)cc1)c1ccccc1. The molecule has 0 N–H and O–H groups in total. The van der Waals surface area contributed by atoms with Crippen LogP contribution >= 0.6 is 0 Å². The summed E-state index contributed by atoms with van der Waals surface area (Å²) in [4.78, 5) is 26.0. The first kappa shape index (κ1) is 21.5. The molecule has 8 nitrogen and oxygen atoms in total. The van der Waals surface area contributed by atoms with Gasteiger partial charge in [-0.1, -0.05) is 18.2 Å². The molecule has 1 fully saturated rings. The smallest absolute Gasteiger partial charge is 0.338 e. The van der Waals surface area contributed by atoms with Crippen LogP contribution in [0.25, 0.3) is 0 Å². The van der Waals surface area contributed by atoms with Crippen LogP contribution in [0.15, 0.2) is 59.5 Å². The molecule has 0 saturated carbocycles. The number of carbonyl (C=O) groups is 2. The molecule has 2 aromatic carbocycles. The van der Waals surface area contributed by atoms with E-state index < -0.39 is 28.5 Å². The van der Waals surface area contributed by atoms with E-state index in [9.17, 15) is 18.0 Å². The van der Waals surface area contributed by atoms with Gasteiger partial charge in [0.2, 0.25) is 10.0 Å². The van der Waals surface area contributed by atoms with Crippen molar-refractivity contribution in [1.82, 2.24) is 4.31 Å². The summed E-state index contributed by atoms with van der Waals surface area (Å²) in [5, 5.41) is 8.97. The fraction of sp³-hybridized carbons (Fsp3) is 0.286. The lowest BCUT2D eigenvalue weighted by Gasteiger charge is -2.19. The third-order valence-electron chi connectivity index (χ3n) is 4.72. The highest BCUT2D eigenvalue weighted by Gasteiger charge is 2.27. The van der Waals surface area contributed by atoms with Crippen LogP contribution in [-0.4, -0.2) is 50.8 Å². The van der Waals surface area contributed by atoms with Gasteiger partial charge in [0.05, 0.1) is 16.5 Å². The number of sulfonamides is 1. The second kappa shape index (κ2) is 9.52. The lowest BCUT2D eigenvalue weighted by molar-refractivity contribution is -0.121. The Morgan fingerprint density at radius 2 is 1.67 bits per heavy atom. The van der Waals surface area contributed by atoms with Crippen LogP contribution in [0.4, 0.5) is 5.69 Å². The van der Waals surface area contributed by atoms with Gasteiger partial charge in [0.1, 0.15) is 6.54 Å². The molecule has 1 aliphatic rings. The number of para-hydroxylation sites is 1. The van der Waals surface area contributed by atoms with Crippen molar-refractivity contribution in [2.24, 2.45) is 0 Å². The summed E-state index contributed by atoms with van der Waals surface area (Å²) in [5.74, 6) is -1.29. The average molecular weight is 427 g/mol. The maximum absolute atomic E-state index is 12.5. The molecule has 156 valence electrons. The van der Waals surface area contributed by atoms with Gasteiger partial charge in [0.15, 0.2) is 6.61 Å². The predicted octanol–water partition coefficient (Wildman–Crippen LogP) is 2.18. The van der Waals surface area contributed by atoms with E-state index >= 15 is 0 Å². The molecule has 0 aromatic heterocycles. The van der Waals surface area contributed by atoms with Crippen LogP contribution in [-0.2, 0) is 19.6 Å². The topological polar surface area (TPSA) is 108 Å². The first-order valence-electron chi connectivity index (χ1n) is 9.43. The van der Waals surface area contributed by atoms with Crippen LogP contribution in [0.1, 0.15) is 23.2 Å². The molecule has 0 atom stereocenters. The summed E-state index contributed by atoms with van der Waals surface area (Å²) in [7, 11) is -3.57. The Morgan fingerprint density at radius 3 is 2.27 bits per heavy atom. The number of anilines is 1. The largest absolute Gasteiger partial charge is 0.452 e. The third-order valence-corrected chi connectivity index (χ3v) is 6.63. The van der Waals surface area contributed by atoms with Crippen LogP contribution < -0.4 is 4.90 Å². The van der Waals surface area contributed by atoms with Gasteiger partial charge in [0.25, 0.3) is 5.91 Å². The summed E-state index contributed by atoms with van der Waals surface area (Å²) in [6.07, 6.45) is 1.67. The minimum absolute atomic E-state index is 0.112. The second-order valence-electron chi connectivity index (χ2n) is 6.69. The van der Waals surface area contributed by atoms with E-state index in [2.05, 4.69) is 0 Å². The zero-order valence-corrected chi connectivity index (χ0v) is 17.0. The predicted molar refractivity (Wildman–Crippen MR) is 109 cm³/mol. The Bertz CT molecular complexity index is 1040. The van der Waals surface area contributed by atoms with Gasteiger partial charge in [-0.25, -0.2) is 13.2 Å². The van der Waals surface area contributed by atoms with Crippen molar-refractivity contribution in [2.45, 2.75) is 17.7 Å².